The molecule has 8 heavy (non-hydrogen) atoms. The van der Waals surface area contributed by atoms with Gasteiger partial charge in [-0.3, -0.25) is 0 Å². The van der Waals surface area contributed by atoms with E-state index in [0.29, 0.717) is 0 Å². The minimum absolute atomic E-state index is 0. The van der Waals surface area contributed by atoms with Crippen LogP contribution in [-0.4, -0.2) is 0 Å². The molecule has 0 N–H and O–H groups in total. The first-order valence-electron chi connectivity index (χ1n) is 0. The van der Waals surface area contributed by atoms with Gasteiger partial charge in [-0.15, -0.1) is 0 Å². The summed E-state index contributed by atoms with van der Waals surface area (Å²) in [6, 6.07) is 0. The van der Waals surface area contributed by atoms with Crippen molar-refractivity contribution >= 4 is 67.5 Å². The first-order valence-corrected chi connectivity index (χ1v) is 0. The molecular weight excluding hydrogens is 456 g/mol. The number of hydrogen-bond acceptors (Lipinski definition) is 0. The maximum atomic E-state index is 0. The van der Waals surface area contributed by atoms with Crippen LogP contribution in [0.1, 0.15) is 0 Å². The van der Waals surface area contributed by atoms with E-state index >= 15 is 0 Å². The van der Waals surface area contributed by atoms with E-state index in [1.165, 1.54) is 0 Å². The van der Waals surface area contributed by atoms with Crippen molar-refractivity contribution in [3.05, 3.63) is 0 Å². The van der Waals surface area contributed by atoms with E-state index in [2.05, 4.69) is 0 Å². The van der Waals surface area contributed by atoms with Gasteiger partial charge in [0.05, 0.1) is 0 Å². The van der Waals surface area contributed by atoms with Crippen LogP contribution in [0, 0.1) is 0 Å². The minimum atomic E-state index is 0. The van der Waals surface area contributed by atoms with E-state index in [4.69, 9.17) is 0 Å². The van der Waals surface area contributed by atoms with Crippen LogP contribution in [0.4, 0.5) is 0 Å². The fraction of sp³-hybridized carbons (Fsp3) is 0. The van der Waals surface area contributed by atoms with Crippen LogP contribution in [0.2, 0.25) is 0 Å². The molecular formula is H10Fe2S5W. The first kappa shape index (κ1) is 104. The summed E-state index contributed by atoms with van der Waals surface area (Å²) >= 11 is 0. The summed E-state index contributed by atoms with van der Waals surface area (Å²) in [5, 5.41) is 0. The average molecular weight is 466 g/mol. The summed E-state index contributed by atoms with van der Waals surface area (Å²) in [6.07, 6.45) is 0. The molecule has 0 aliphatic heterocycles. The Morgan fingerprint density at radius 1 is 0.375 bits per heavy atom. The predicted molar refractivity (Wildman–Crippen MR) is 51.9 cm³/mol. The third-order valence-corrected chi connectivity index (χ3v) is 0. The topological polar surface area (TPSA) is 0 Å². The van der Waals surface area contributed by atoms with Crippen molar-refractivity contribution in [2.45, 2.75) is 0 Å². The van der Waals surface area contributed by atoms with Crippen LogP contribution in [0.5, 0.6) is 0 Å². The molecule has 0 atom stereocenters. The maximum absolute atomic E-state index is 0. The Morgan fingerprint density at radius 2 is 0.375 bits per heavy atom. The van der Waals surface area contributed by atoms with Gasteiger partial charge in [-0.2, -0.15) is 67.5 Å². The third-order valence-electron chi connectivity index (χ3n) is 0. The van der Waals surface area contributed by atoms with Crippen LogP contribution in [-0.2, 0) is 55.2 Å². The van der Waals surface area contributed by atoms with Gasteiger partial charge in [-0.1, -0.05) is 0 Å². The van der Waals surface area contributed by atoms with Crippen molar-refractivity contribution in [1.29, 1.82) is 0 Å². The van der Waals surface area contributed by atoms with Gasteiger partial charge >= 0.3 is 0 Å². The first-order chi connectivity index (χ1) is 0. The van der Waals surface area contributed by atoms with Gasteiger partial charge in [0.1, 0.15) is 0 Å². The fourth-order valence-electron chi connectivity index (χ4n) is 0. The summed E-state index contributed by atoms with van der Waals surface area (Å²) in [7, 11) is 0. The summed E-state index contributed by atoms with van der Waals surface area (Å²) < 4.78 is 0. The summed E-state index contributed by atoms with van der Waals surface area (Å²) in [5.41, 5.74) is 0. The second-order valence-corrected chi connectivity index (χ2v) is 0. The van der Waals surface area contributed by atoms with Gasteiger partial charge in [-0.05, 0) is 0 Å². The molecule has 0 radical (unpaired) electrons. The van der Waals surface area contributed by atoms with Gasteiger partial charge in [0.25, 0.3) is 0 Å². The van der Waals surface area contributed by atoms with Crippen molar-refractivity contribution < 1.29 is 55.2 Å². The van der Waals surface area contributed by atoms with Crippen molar-refractivity contribution in [2.75, 3.05) is 0 Å². The SMILES string of the molecule is S.S.S.S.S.[Fe].[Fe].[W]. The fourth-order valence-corrected chi connectivity index (χ4v) is 0. The minimum Gasteiger partial charge on any atom is -0.197 e. The molecule has 0 nitrogen and oxygen atoms in total. The molecule has 0 heterocycles. The number of hydrogen-bond donors (Lipinski definition) is 0. The molecule has 0 aromatic rings. The number of rotatable bonds is 0. The molecule has 0 spiro atoms. The molecule has 8 heteroatoms. The Hall–Kier alpha value is 3.48. The Kier molecular flexibility index (Phi) is 1010. The zero-order valence-corrected chi connectivity index (χ0v) is 13.8. The van der Waals surface area contributed by atoms with E-state index in [9.17, 15) is 0 Å². The van der Waals surface area contributed by atoms with Crippen LogP contribution in [0.25, 0.3) is 0 Å². The molecule has 0 saturated heterocycles. The second-order valence-electron chi connectivity index (χ2n) is 0. The van der Waals surface area contributed by atoms with Crippen LogP contribution >= 0.6 is 67.5 Å². The molecule has 62 valence electrons. The van der Waals surface area contributed by atoms with Crippen molar-refractivity contribution in [3.63, 3.8) is 0 Å². The van der Waals surface area contributed by atoms with Crippen molar-refractivity contribution in [1.82, 2.24) is 0 Å². The standard InChI is InChI=1S/2Fe.5H2S.W/h;;5*1H2;. The van der Waals surface area contributed by atoms with Crippen LogP contribution in [0.3, 0.4) is 0 Å². The van der Waals surface area contributed by atoms with Gasteiger partial charge in [0, 0.05) is 55.2 Å². The average Bonchev–Trinajstić information content (AvgIpc) is 0. The Bertz CT molecular complexity index is 10.4. The van der Waals surface area contributed by atoms with Gasteiger partial charge < -0.3 is 0 Å². The van der Waals surface area contributed by atoms with Crippen molar-refractivity contribution in [2.24, 2.45) is 0 Å². The molecule has 0 bridgehead atoms. The van der Waals surface area contributed by atoms with Gasteiger partial charge in [0.15, 0.2) is 0 Å². The molecule has 0 amide bonds. The largest absolute Gasteiger partial charge is 0.197 e. The predicted octanol–water partition coefficient (Wildman–Crippen LogP) is 0.556. The molecule has 0 aromatic heterocycles. The molecule has 0 aliphatic carbocycles. The third kappa shape index (κ3) is 56.3. The summed E-state index contributed by atoms with van der Waals surface area (Å²) in [6.45, 7) is 0. The van der Waals surface area contributed by atoms with E-state index < -0.39 is 0 Å². The molecule has 0 unspecified atom stereocenters. The summed E-state index contributed by atoms with van der Waals surface area (Å²) in [4.78, 5) is 0. The molecule has 0 saturated carbocycles. The Morgan fingerprint density at radius 3 is 0.375 bits per heavy atom. The Balaban J connectivity index is 0. The summed E-state index contributed by atoms with van der Waals surface area (Å²) in [5.74, 6) is 0. The zero-order chi connectivity index (χ0) is 0. The van der Waals surface area contributed by atoms with Crippen LogP contribution < -0.4 is 0 Å². The smallest absolute Gasteiger partial charge is 0 e. The Labute approximate surface area is 121 Å². The maximum Gasteiger partial charge on any atom is 0 e. The van der Waals surface area contributed by atoms with E-state index in [1.54, 1.807) is 0 Å². The van der Waals surface area contributed by atoms with Crippen molar-refractivity contribution in [3.8, 4) is 0 Å². The van der Waals surface area contributed by atoms with Crippen LogP contribution in [0.15, 0.2) is 0 Å². The van der Waals surface area contributed by atoms with E-state index in [1.807, 2.05) is 0 Å². The molecule has 0 rings (SSSR count). The van der Waals surface area contributed by atoms with E-state index in [0.717, 1.165) is 0 Å². The zero-order valence-electron chi connectivity index (χ0n) is 3.62. The van der Waals surface area contributed by atoms with E-state index in [-0.39, 0.29) is 123 Å². The molecule has 0 fully saturated rings. The normalized spacial score (nSPS) is 0. The molecule has 0 aliphatic rings. The molecule has 0 aromatic carbocycles. The quantitative estimate of drug-likeness (QED) is 0.459. The van der Waals surface area contributed by atoms with Gasteiger partial charge in [0.2, 0.25) is 0 Å². The second kappa shape index (κ2) is 77.8. The van der Waals surface area contributed by atoms with Gasteiger partial charge in [-0.25, -0.2) is 0 Å². The monoisotopic (exact) mass is 466 g/mol.